The molecule has 4 nitrogen and oxygen atoms in total. The van der Waals surface area contributed by atoms with Crippen molar-refractivity contribution in [1.82, 2.24) is 15.0 Å². The molecule has 1 aliphatic rings. The van der Waals surface area contributed by atoms with Gasteiger partial charge in [-0.1, -0.05) is 29.4 Å². The first-order valence-electron chi connectivity index (χ1n) is 7.38. The maximum absolute atomic E-state index is 14.6. The van der Waals surface area contributed by atoms with Crippen molar-refractivity contribution in [3.8, 4) is 0 Å². The van der Waals surface area contributed by atoms with Gasteiger partial charge in [-0.2, -0.15) is 0 Å². The monoisotopic (exact) mass is 436 g/mol. The Balaban J connectivity index is 1.95. The number of anilines is 2. The molecule has 3 heterocycles. The van der Waals surface area contributed by atoms with Crippen LogP contribution < -0.4 is 4.90 Å². The number of hydrogen-bond donors (Lipinski definition) is 0. The average Bonchev–Trinajstić information content (AvgIpc) is 2.95. The third-order valence-electron chi connectivity index (χ3n) is 3.84. The third kappa shape index (κ3) is 2.90. The summed E-state index contributed by atoms with van der Waals surface area (Å²) in [6, 6.07) is 6.58. The highest BCUT2D eigenvalue weighted by Gasteiger charge is 2.37. The summed E-state index contributed by atoms with van der Waals surface area (Å²) in [7, 11) is 0. The predicted molar refractivity (Wildman–Crippen MR) is 101 cm³/mol. The van der Waals surface area contributed by atoms with Crippen molar-refractivity contribution in [2.75, 3.05) is 4.90 Å². The summed E-state index contributed by atoms with van der Waals surface area (Å²) in [6.07, 6.45) is 4.98. The smallest absolute Gasteiger partial charge is 0.137 e. The van der Waals surface area contributed by atoms with Crippen LogP contribution in [0.5, 0.6) is 0 Å². The van der Waals surface area contributed by atoms with Gasteiger partial charge in [0, 0.05) is 34.7 Å². The summed E-state index contributed by atoms with van der Waals surface area (Å²) in [5.74, 6) is 0.327. The van der Waals surface area contributed by atoms with Crippen molar-refractivity contribution in [1.29, 1.82) is 0 Å². The maximum atomic E-state index is 14.6. The Kier molecular flexibility index (Phi) is 4.39. The lowest BCUT2D eigenvalue weighted by molar-refractivity contribution is 0.608. The predicted octanol–water partition coefficient (Wildman–Crippen LogP) is 5.68. The molecular weight excluding hydrogens is 427 g/mol. The van der Waals surface area contributed by atoms with Crippen LogP contribution in [0.1, 0.15) is 16.6 Å². The van der Waals surface area contributed by atoms with Gasteiger partial charge in [-0.05, 0) is 35.0 Å². The molecule has 0 radical (unpaired) electrons. The standard InChI is InChI=1S/C17H11BrClFN4S/c1-9-5-14(23-8-22-9)24-16-10(18)6-21-7-13(16)25-17(24)15-11(19)3-2-4-12(15)20/h2-8,17H,1H3. The second-order valence-electron chi connectivity index (χ2n) is 5.46. The number of aromatic nitrogens is 3. The maximum Gasteiger partial charge on any atom is 0.137 e. The zero-order valence-electron chi connectivity index (χ0n) is 12.9. The quantitative estimate of drug-likeness (QED) is 0.516. The van der Waals surface area contributed by atoms with Crippen LogP contribution in [0.15, 0.2) is 52.4 Å². The van der Waals surface area contributed by atoms with Crippen molar-refractivity contribution in [3.63, 3.8) is 0 Å². The fourth-order valence-corrected chi connectivity index (χ4v) is 5.11. The first-order chi connectivity index (χ1) is 12.1. The number of aryl methyl sites for hydroxylation is 1. The van der Waals surface area contributed by atoms with E-state index in [1.54, 1.807) is 24.5 Å². The van der Waals surface area contributed by atoms with E-state index in [1.165, 1.54) is 24.2 Å². The van der Waals surface area contributed by atoms with Gasteiger partial charge in [-0.25, -0.2) is 14.4 Å². The van der Waals surface area contributed by atoms with Crippen molar-refractivity contribution >= 4 is 50.8 Å². The van der Waals surface area contributed by atoms with Gasteiger partial charge in [0.05, 0.1) is 15.1 Å². The van der Waals surface area contributed by atoms with Crippen LogP contribution in [0.2, 0.25) is 5.02 Å². The molecule has 1 atom stereocenters. The third-order valence-corrected chi connectivity index (χ3v) is 5.97. The van der Waals surface area contributed by atoms with E-state index in [-0.39, 0.29) is 5.82 Å². The zero-order chi connectivity index (χ0) is 17.6. The summed E-state index contributed by atoms with van der Waals surface area (Å²) in [6.45, 7) is 1.89. The Bertz CT molecular complexity index is 951. The van der Waals surface area contributed by atoms with E-state index in [4.69, 9.17) is 11.6 Å². The van der Waals surface area contributed by atoms with E-state index in [1.807, 2.05) is 17.9 Å². The van der Waals surface area contributed by atoms with Crippen LogP contribution in [0, 0.1) is 12.7 Å². The molecule has 0 N–H and O–H groups in total. The molecule has 0 aliphatic carbocycles. The molecule has 0 spiro atoms. The van der Waals surface area contributed by atoms with E-state index < -0.39 is 5.37 Å². The summed E-state index contributed by atoms with van der Waals surface area (Å²) in [4.78, 5) is 15.7. The van der Waals surface area contributed by atoms with Gasteiger partial charge in [0.2, 0.25) is 0 Å². The molecule has 0 saturated heterocycles. The van der Waals surface area contributed by atoms with Crippen molar-refractivity contribution in [3.05, 3.63) is 69.6 Å². The number of hydrogen-bond acceptors (Lipinski definition) is 5. The number of rotatable bonds is 2. The molecular formula is C17H11BrClFN4S. The highest BCUT2D eigenvalue weighted by molar-refractivity contribution is 9.10. The number of pyridine rings is 1. The van der Waals surface area contributed by atoms with Crippen LogP contribution in [-0.2, 0) is 0 Å². The average molecular weight is 438 g/mol. The zero-order valence-corrected chi connectivity index (χ0v) is 16.1. The van der Waals surface area contributed by atoms with Crippen LogP contribution in [0.4, 0.5) is 15.9 Å². The summed E-state index contributed by atoms with van der Waals surface area (Å²) < 4.78 is 15.4. The van der Waals surface area contributed by atoms with Gasteiger partial charge in [-0.3, -0.25) is 4.98 Å². The van der Waals surface area contributed by atoms with Crippen molar-refractivity contribution in [2.45, 2.75) is 17.2 Å². The number of thioether (sulfide) groups is 1. The number of halogens is 3. The minimum absolute atomic E-state index is 0.349. The summed E-state index contributed by atoms with van der Waals surface area (Å²) in [5.41, 5.74) is 2.14. The Morgan fingerprint density at radius 1 is 1.28 bits per heavy atom. The highest BCUT2D eigenvalue weighted by atomic mass is 79.9. The van der Waals surface area contributed by atoms with Crippen molar-refractivity contribution < 1.29 is 4.39 Å². The summed E-state index contributed by atoms with van der Waals surface area (Å²) in [5, 5.41) is -0.0105. The van der Waals surface area contributed by atoms with Gasteiger partial charge in [-0.15, -0.1) is 0 Å². The van der Waals surface area contributed by atoms with Gasteiger partial charge in [0.25, 0.3) is 0 Å². The minimum Gasteiger partial charge on any atom is -0.307 e. The molecule has 1 aliphatic heterocycles. The van der Waals surface area contributed by atoms with E-state index in [0.29, 0.717) is 16.4 Å². The van der Waals surface area contributed by atoms with Crippen LogP contribution in [-0.4, -0.2) is 15.0 Å². The van der Waals surface area contributed by atoms with E-state index in [2.05, 4.69) is 30.9 Å². The Morgan fingerprint density at radius 3 is 2.88 bits per heavy atom. The molecule has 0 saturated carbocycles. The largest absolute Gasteiger partial charge is 0.307 e. The fourth-order valence-electron chi connectivity index (χ4n) is 2.76. The molecule has 25 heavy (non-hydrogen) atoms. The molecule has 1 unspecified atom stereocenters. The number of fused-ring (bicyclic) bond motifs is 1. The molecule has 8 heteroatoms. The molecule has 126 valence electrons. The van der Waals surface area contributed by atoms with E-state index in [0.717, 1.165) is 20.7 Å². The molecule has 2 aromatic heterocycles. The molecule has 1 aromatic carbocycles. The topological polar surface area (TPSA) is 41.9 Å². The summed E-state index contributed by atoms with van der Waals surface area (Å²) >= 11 is 11.4. The SMILES string of the molecule is Cc1cc(N2c3c(Br)cncc3SC2c2c(F)cccc2Cl)ncn1. The van der Waals surface area contributed by atoms with Crippen molar-refractivity contribution in [2.24, 2.45) is 0 Å². The molecule has 0 fully saturated rings. The fraction of sp³-hybridized carbons (Fsp3) is 0.118. The lowest BCUT2D eigenvalue weighted by atomic mass is 10.1. The van der Waals surface area contributed by atoms with E-state index in [9.17, 15) is 4.39 Å². The van der Waals surface area contributed by atoms with Crippen LogP contribution >= 0.6 is 39.3 Å². The van der Waals surface area contributed by atoms with Gasteiger partial charge < -0.3 is 4.90 Å². The minimum atomic E-state index is -0.390. The van der Waals surface area contributed by atoms with Gasteiger partial charge >= 0.3 is 0 Å². The first kappa shape index (κ1) is 16.8. The lowest BCUT2D eigenvalue weighted by Crippen LogP contribution is -2.20. The first-order valence-corrected chi connectivity index (χ1v) is 9.43. The lowest BCUT2D eigenvalue weighted by Gasteiger charge is -2.27. The second-order valence-corrected chi connectivity index (χ2v) is 7.84. The Labute approximate surface area is 161 Å². The van der Waals surface area contributed by atoms with Crippen LogP contribution in [0.3, 0.4) is 0 Å². The van der Waals surface area contributed by atoms with E-state index >= 15 is 0 Å². The highest BCUT2D eigenvalue weighted by Crippen LogP contribution is 2.57. The normalized spacial score (nSPS) is 16.2. The molecule has 4 rings (SSSR count). The molecule has 3 aromatic rings. The Hall–Kier alpha value is -1.70. The second kappa shape index (κ2) is 6.55. The number of benzene rings is 1. The number of nitrogens with zero attached hydrogens (tertiary/aromatic N) is 4. The molecule has 0 amide bonds. The van der Waals surface area contributed by atoms with Gasteiger partial charge in [0.15, 0.2) is 0 Å². The molecule has 0 bridgehead atoms. The van der Waals surface area contributed by atoms with Gasteiger partial charge in [0.1, 0.15) is 23.3 Å². The van der Waals surface area contributed by atoms with Crippen LogP contribution in [0.25, 0.3) is 0 Å². The Morgan fingerprint density at radius 2 is 2.12 bits per heavy atom.